The number of amides is 3. The van der Waals surface area contributed by atoms with Gasteiger partial charge in [0.15, 0.2) is 11.5 Å². The van der Waals surface area contributed by atoms with Crippen molar-refractivity contribution in [3.63, 3.8) is 0 Å². The van der Waals surface area contributed by atoms with Crippen LogP contribution >= 0.6 is 0 Å². The number of nitrogens with zero attached hydrogens (tertiary/aromatic N) is 4. The van der Waals surface area contributed by atoms with Gasteiger partial charge in [-0.3, -0.25) is 10.1 Å². The van der Waals surface area contributed by atoms with Gasteiger partial charge in [0.05, 0.1) is 6.04 Å². The number of carbonyl (C=O) groups excluding carboxylic acids is 2. The van der Waals surface area contributed by atoms with E-state index in [0.717, 1.165) is 38.8 Å². The average molecular weight is 382 g/mol. The summed E-state index contributed by atoms with van der Waals surface area (Å²) in [5.41, 5.74) is 3.73. The van der Waals surface area contributed by atoms with E-state index in [-0.39, 0.29) is 29.5 Å². The van der Waals surface area contributed by atoms with Gasteiger partial charge < -0.3 is 9.80 Å². The van der Waals surface area contributed by atoms with Gasteiger partial charge in [-0.15, -0.1) is 10.2 Å². The molecule has 0 aliphatic carbocycles. The topological polar surface area (TPSA) is 94.2 Å². The van der Waals surface area contributed by atoms with Crippen molar-refractivity contribution >= 4 is 17.8 Å². The van der Waals surface area contributed by atoms with E-state index < -0.39 is 0 Å². The molecule has 8 nitrogen and oxygen atoms in total. The lowest BCUT2D eigenvalue weighted by atomic mass is 9.97. The molecule has 2 aromatic rings. The summed E-state index contributed by atoms with van der Waals surface area (Å²) in [6.45, 7) is 6.26. The van der Waals surface area contributed by atoms with Crippen molar-refractivity contribution in [3.05, 3.63) is 40.6 Å². The molecule has 1 atom stereocenters. The minimum absolute atomic E-state index is 0.0320. The first-order valence-corrected chi connectivity index (χ1v) is 9.89. The molecule has 28 heavy (non-hydrogen) atoms. The SMILES string of the molecule is Cc1ccc(C)c(C2CCCN2C(=O)Nc2n[nH]nc2C(=O)N2CCCC2)c1. The monoisotopic (exact) mass is 382 g/mol. The highest BCUT2D eigenvalue weighted by molar-refractivity contribution is 6.00. The number of likely N-dealkylation sites (tertiary alicyclic amines) is 2. The molecular weight excluding hydrogens is 356 g/mol. The van der Waals surface area contributed by atoms with E-state index >= 15 is 0 Å². The second kappa shape index (κ2) is 7.61. The number of aromatic amines is 1. The number of anilines is 1. The molecule has 0 bridgehead atoms. The van der Waals surface area contributed by atoms with Gasteiger partial charge in [-0.1, -0.05) is 23.8 Å². The van der Waals surface area contributed by atoms with E-state index in [0.29, 0.717) is 6.54 Å². The molecule has 1 unspecified atom stereocenters. The Morgan fingerprint density at radius 1 is 1.11 bits per heavy atom. The van der Waals surface area contributed by atoms with Crippen LogP contribution in [0.4, 0.5) is 10.6 Å². The number of H-pyrrole nitrogens is 1. The van der Waals surface area contributed by atoms with E-state index in [4.69, 9.17) is 0 Å². The Morgan fingerprint density at radius 2 is 1.89 bits per heavy atom. The van der Waals surface area contributed by atoms with Crippen LogP contribution in [0.1, 0.15) is 58.9 Å². The lowest BCUT2D eigenvalue weighted by Gasteiger charge is -2.26. The highest BCUT2D eigenvalue weighted by Crippen LogP contribution is 2.34. The lowest BCUT2D eigenvalue weighted by molar-refractivity contribution is 0.0788. The average Bonchev–Trinajstić information content (AvgIpc) is 3.44. The summed E-state index contributed by atoms with van der Waals surface area (Å²) in [5.74, 6) is 0.0163. The van der Waals surface area contributed by atoms with Crippen molar-refractivity contribution in [2.75, 3.05) is 25.0 Å². The first-order valence-electron chi connectivity index (χ1n) is 9.89. The molecule has 3 amide bonds. The zero-order valence-electron chi connectivity index (χ0n) is 16.4. The summed E-state index contributed by atoms with van der Waals surface area (Å²) in [6.07, 6.45) is 3.87. The fourth-order valence-electron chi connectivity index (χ4n) is 4.16. The van der Waals surface area contributed by atoms with Gasteiger partial charge in [0, 0.05) is 19.6 Å². The zero-order valence-corrected chi connectivity index (χ0v) is 16.4. The highest BCUT2D eigenvalue weighted by Gasteiger charge is 2.33. The normalized spacial score (nSPS) is 19.3. The molecule has 8 heteroatoms. The summed E-state index contributed by atoms with van der Waals surface area (Å²) in [6, 6.07) is 6.13. The number of aryl methyl sites for hydroxylation is 2. The number of rotatable bonds is 3. The third-order valence-corrected chi connectivity index (χ3v) is 5.68. The summed E-state index contributed by atoms with van der Waals surface area (Å²) in [7, 11) is 0. The van der Waals surface area contributed by atoms with Crippen LogP contribution in [-0.4, -0.2) is 56.8 Å². The third-order valence-electron chi connectivity index (χ3n) is 5.68. The first-order chi connectivity index (χ1) is 13.5. The first kappa shape index (κ1) is 18.5. The van der Waals surface area contributed by atoms with Crippen molar-refractivity contribution < 1.29 is 9.59 Å². The van der Waals surface area contributed by atoms with Gasteiger partial charge in [-0.25, -0.2) is 4.79 Å². The smallest absolute Gasteiger partial charge is 0.323 e. The minimum atomic E-state index is -0.243. The van der Waals surface area contributed by atoms with Crippen LogP contribution in [0.5, 0.6) is 0 Å². The van der Waals surface area contributed by atoms with Crippen LogP contribution < -0.4 is 5.32 Å². The van der Waals surface area contributed by atoms with E-state index in [2.05, 4.69) is 52.8 Å². The predicted octanol–water partition coefficient (Wildman–Crippen LogP) is 3.03. The van der Waals surface area contributed by atoms with Crippen LogP contribution in [0.25, 0.3) is 0 Å². The number of urea groups is 1. The maximum Gasteiger partial charge on any atom is 0.323 e. The third kappa shape index (κ3) is 3.46. The molecule has 0 saturated carbocycles. The molecule has 2 saturated heterocycles. The fraction of sp³-hybridized carbons (Fsp3) is 0.500. The molecule has 0 radical (unpaired) electrons. The van der Waals surface area contributed by atoms with Crippen LogP contribution in [0.15, 0.2) is 18.2 Å². The zero-order chi connectivity index (χ0) is 19.7. The van der Waals surface area contributed by atoms with Gasteiger partial charge in [0.2, 0.25) is 0 Å². The molecule has 0 spiro atoms. The Balaban J connectivity index is 1.52. The maximum atomic E-state index is 13.0. The predicted molar refractivity (Wildman–Crippen MR) is 105 cm³/mol. The minimum Gasteiger partial charge on any atom is -0.337 e. The number of aromatic nitrogens is 3. The van der Waals surface area contributed by atoms with Gasteiger partial charge >= 0.3 is 6.03 Å². The molecule has 2 N–H and O–H groups in total. The summed E-state index contributed by atoms with van der Waals surface area (Å²) >= 11 is 0. The molecule has 1 aromatic carbocycles. The number of nitrogens with one attached hydrogen (secondary N) is 2. The fourth-order valence-corrected chi connectivity index (χ4v) is 4.16. The van der Waals surface area contributed by atoms with E-state index in [1.54, 1.807) is 4.90 Å². The van der Waals surface area contributed by atoms with Crippen LogP contribution in [0, 0.1) is 13.8 Å². The Bertz CT molecular complexity index is 887. The van der Waals surface area contributed by atoms with E-state index in [1.807, 2.05) is 4.90 Å². The van der Waals surface area contributed by atoms with Gasteiger partial charge in [-0.2, -0.15) is 5.21 Å². The number of hydrogen-bond donors (Lipinski definition) is 2. The van der Waals surface area contributed by atoms with Crippen molar-refractivity contribution in [2.45, 2.75) is 45.6 Å². The molecular formula is C20H26N6O2. The second-order valence-electron chi connectivity index (χ2n) is 7.66. The molecule has 2 fully saturated rings. The van der Waals surface area contributed by atoms with Crippen LogP contribution in [0.2, 0.25) is 0 Å². The number of benzene rings is 1. The van der Waals surface area contributed by atoms with Gasteiger partial charge in [0.1, 0.15) is 0 Å². The van der Waals surface area contributed by atoms with Crippen molar-refractivity contribution in [1.82, 2.24) is 25.2 Å². The molecule has 2 aliphatic heterocycles. The lowest BCUT2D eigenvalue weighted by Crippen LogP contribution is -2.36. The van der Waals surface area contributed by atoms with Gasteiger partial charge in [0.25, 0.3) is 5.91 Å². The molecule has 2 aliphatic rings. The van der Waals surface area contributed by atoms with Crippen LogP contribution in [-0.2, 0) is 0 Å². The number of hydrogen-bond acceptors (Lipinski definition) is 4. The standard InChI is InChI=1S/C20H26N6O2/c1-13-7-8-14(2)15(12-13)16-6-5-11-26(16)20(28)21-18-17(22-24-23-18)19(27)25-9-3-4-10-25/h7-8,12,16H,3-6,9-11H2,1-2H3,(H2,21,22,23,24,28). The summed E-state index contributed by atoms with van der Waals surface area (Å²) < 4.78 is 0. The number of carbonyl (C=O) groups is 2. The Labute approximate surface area is 164 Å². The second-order valence-corrected chi connectivity index (χ2v) is 7.66. The van der Waals surface area contributed by atoms with E-state index in [1.165, 1.54) is 16.7 Å². The van der Waals surface area contributed by atoms with Crippen molar-refractivity contribution in [3.8, 4) is 0 Å². The molecule has 3 heterocycles. The van der Waals surface area contributed by atoms with Crippen molar-refractivity contribution in [2.24, 2.45) is 0 Å². The maximum absolute atomic E-state index is 13.0. The van der Waals surface area contributed by atoms with E-state index in [9.17, 15) is 9.59 Å². The molecule has 148 valence electrons. The highest BCUT2D eigenvalue weighted by atomic mass is 16.2. The Morgan fingerprint density at radius 3 is 2.68 bits per heavy atom. The van der Waals surface area contributed by atoms with Crippen molar-refractivity contribution in [1.29, 1.82) is 0 Å². The largest absolute Gasteiger partial charge is 0.337 e. The van der Waals surface area contributed by atoms with Crippen LogP contribution in [0.3, 0.4) is 0 Å². The quantitative estimate of drug-likeness (QED) is 0.853. The summed E-state index contributed by atoms with van der Waals surface area (Å²) in [4.78, 5) is 29.2. The van der Waals surface area contributed by atoms with Gasteiger partial charge in [-0.05, 0) is 50.7 Å². The molecule has 4 rings (SSSR count). The Hall–Kier alpha value is -2.90. The molecule has 1 aromatic heterocycles. The Kier molecular flexibility index (Phi) is 5.02. The summed E-state index contributed by atoms with van der Waals surface area (Å²) in [5, 5.41) is 13.3.